The third-order valence-corrected chi connectivity index (χ3v) is 6.57. The molecule has 0 radical (unpaired) electrons. The summed E-state index contributed by atoms with van der Waals surface area (Å²) < 4.78 is 0. The minimum Gasteiger partial charge on any atom is -0.392 e. The van der Waals surface area contributed by atoms with Crippen LogP contribution < -0.4 is 0 Å². The zero-order valence-electron chi connectivity index (χ0n) is 11.2. The molecule has 0 aromatic carbocycles. The van der Waals surface area contributed by atoms with Crippen LogP contribution in [0.15, 0.2) is 0 Å². The number of rotatable bonds is 1. The second-order valence-electron chi connectivity index (χ2n) is 7.67. The fourth-order valence-corrected chi connectivity index (χ4v) is 5.59. The van der Waals surface area contributed by atoms with E-state index in [-0.39, 0.29) is 11.5 Å². The van der Waals surface area contributed by atoms with E-state index in [4.69, 9.17) is 0 Å². The topological polar surface area (TPSA) is 20.2 Å². The summed E-state index contributed by atoms with van der Waals surface area (Å²) in [6, 6.07) is 0. The van der Waals surface area contributed by atoms with Gasteiger partial charge in [-0.05, 0) is 60.2 Å². The summed E-state index contributed by atoms with van der Waals surface area (Å²) in [7, 11) is 0. The van der Waals surface area contributed by atoms with E-state index in [1.807, 2.05) is 0 Å². The van der Waals surface area contributed by atoms with Gasteiger partial charge in [-0.3, -0.25) is 0 Å². The molecule has 0 aliphatic heterocycles. The molecule has 0 aromatic heterocycles. The Kier molecular flexibility index (Phi) is 2.11. The Morgan fingerprint density at radius 1 is 1.19 bits per heavy atom. The van der Waals surface area contributed by atoms with Crippen molar-refractivity contribution in [3.8, 4) is 0 Å². The van der Waals surface area contributed by atoms with E-state index in [1.54, 1.807) is 0 Å². The number of fused-ring (bicyclic) bond motifs is 1. The Morgan fingerprint density at radius 3 is 2.50 bits per heavy atom. The molecule has 0 saturated heterocycles. The fourth-order valence-electron chi connectivity index (χ4n) is 5.59. The quantitative estimate of drug-likeness (QED) is 0.720. The second kappa shape index (κ2) is 3.04. The molecular formula is C15H26O. The summed E-state index contributed by atoms with van der Waals surface area (Å²) in [6.07, 6.45) is 5.27. The van der Waals surface area contributed by atoms with Crippen molar-refractivity contribution in [3.05, 3.63) is 0 Å². The molecule has 4 rings (SSSR count). The van der Waals surface area contributed by atoms with Crippen molar-refractivity contribution in [2.24, 2.45) is 34.5 Å². The molecule has 4 aliphatic rings. The van der Waals surface area contributed by atoms with Gasteiger partial charge in [0.15, 0.2) is 0 Å². The van der Waals surface area contributed by atoms with Gasteiger partial charge in [-0.25, -0.2) is 0 Å². The summed E-state index contributed by atoms with van der Waals surface area (Å²) in [6.45, 7) is 9.52. The summed E-state index contributed by atoms with van der Waals surface area (Å²) in [4.78, 5) is 0. The molecule has 16 heavy (non-hydrogen) atoms. The molecular weight excluding hydrogens is 196 g/mol. The molecule has 4 saturated carbocycles. The average Bonchev–Trinajstić information content (AvgIpc) is 2.44. The predicted octanol–water partition coefficient (Wildman–Crippen LogP) is 3.47. The van der Waals surface area contributed by atoms with Gasteiger partial charge in [-0.1, -0.05) is 27.7 Å². The van der Waals surface area contributed by atoms with Gasteiger partial charge in [0.2, 0.25) is 0 Å². The van der Waals surface area contributed by atoms with E-state index in [0.29, 0.717) is 11.3 Å². The zero-order chi connectivity index (χ0) is 11.7. The Morgan fingerprint density at radius 2 is 1.88 bits per heavy atom. The van der Waals surface area contributed by atoms with Crippen LogP contribution in [0.2, 0.25) is 0 Å². The minimum atomic E-state index is -0.0192. The van der Waals surface area contributed by atoms with Crippen molar-refractivity contribution in [2.45, 2.75) is 59.5 Å². The van der Waals surface area contributed by atoms with Crippen molar-refractivity contribution in [1.82, 2.24) is 0 Å². The standard InChI is InChI=1S/C15H26O/c1-9(2)10-7-12-14(3)5-6-15(12,4)13(16)11(10)8-14/h9-13,16H,5-8H2,1-4H3/t10-,11+,12+,13-,14-,15-/m1/s1. The Bertz CT molecular complexity index is 311. The molecule has 1 nitrogen and oxygen atoms in total. The molecule has 0 amide bonds. The highest BCUT2D eigenvalue weighted by molar-refractivity contribution is 5.15. The van der Waals surface area contributed by atoms with Crippen LogP contribution in [-0.2, 0) is 0 Å². The first-order valence-corrected chi connectivity index (χ1v) is 7.06. The van der Waals surface area contributed by atoms with Crippen LogP contribution in [0.1, 0.15) is 53.4 Å². The summed E-state index contributed by atoms with van der Waals surface area (Å²) in [5, 5.41) is 10.7. The average molecular weight is 222 g/mol. The number of aliphatic hydroxyl groups excluding tert-OH is 1. The molecule has 4 fully saturated rings. The van der Waals surface area contributed by atoms with Crippen LogP contribution in [-0.4, -0.2) is 11.2 Å². The van der Waals surface area contributed by atoms with Gasteiger partial charge in [0.25, 0.3) is 0 Å². The maximum absolute atomic E-state index is 10.7. The predicted molar refractivity (Wildman–Crippen MR) is 66.0 cm³/mol. The van der Waals surface area contributed by atoms with Gasteiger partial charge in [0.05, 0.1) is 6.10 Å². The first-order chi connectivity index (χ1) is 7.38. The Hall–Kier alpha value is -0.0400. The third kappa shape index (κ3) is 1.11. The van der Waals surface area contributed by atoms with Crippen LogP contribution in [0.25, 0.3) is 0 Å². The largest absolute Gasteiger partial charge is 0.392 e. The first-order valence-electron chi connectivity index (χ1n) is 7.06. The lowest BCUT2D eigenvalue weighted by Gasteiger charge is -2.60. The Balaban J connectivity index is 1.99. The zero-order valence-corrected chi connectivity index (χ0v) is 11.2. The van der Waals surface area contributed by atoms with E-state index in [2.05, 4.69) is 27.7 Å². The van der Waals surface area contributed by atoms with Gasteiger partial charge >= 0.3 is 0 Å². The molecule has 6 atom stereocenters. The molecule has 4 bridgehead atoms. The van der Waals surface area contributed by atoms with Gasteiger partial charge in [-0.15, -0.1) is 0 Å². The van der Waals surface area contributed by atoms with Gasteiger partial charge in [0.1, 0.15) is 0 Å². The number of hydrogen-bond acceptors (Lipinski definition) is 1. The van der Waals surface area contributed by atoms with E-state index >= 15 is 0 Å². The van der Waals surface area contributed by atoms with Crippen molar-refractivity contribution in [2.75, 3.05) is 0 Å². The van der Waals surface area contributed by atoms with E-state index in [0.717, 1.165) is 17.8 Å². The second-order valence-corrected chi connectivity index (χ2v) is 7.67. The summed E-state index contributed by atoms with van der Waals surface area (Å²) in [5.41, 5.74) is 0.813. The lowest BCUT2D eigenvalue weighted by Crippen LogP contribution is -2.58. The Labute approximate surface area is 99.6 Å². The molecule has 0 spiro atoms. The van der Waals surface area contributed by atoms with Crippen molar-refractivity contribution in [3.63, 3.8) is 0 Å². The third-order valence-electron chi connectivity index (χ3n) is 6.57. The molecule has 92 valence electrons. The SMILES string of the molecule is CC(C)[C@H]1C[C@H]2[C@]3(C)CC[C@@]2(C)[C@H](O)[C@H]1C3. The van der Waals surface area contributed by atoms with E-state index < -0.39 is 0 Å². The van der Waals surface area contributed by atoms with E-state index in [9.17, 15) is 5.11 Å². The highest BCUT2D eigenvalue weighted by atomic mass is 16.3. The van der Waals surface area contributed by atoms with Crippen molar-refractivity contribution in [1.29, 1.82) is 0 Å². The lowest BCUT2D eigenvalue weighted by molar-refractivity contribution is -0.171. The van der Waals surface area contributed by atoms with Gasteiger partial charge in [-0.2, -0.15) is 0 Å². The molecule has 4 aliphatic carbocycles. The van der Waals surface area contributed by atoms with Crippen LogP contribution in [0.4, 0.5) is 0 Å². The van der Waals surface area contributed by atoms with Crippen LogP contribution in [0.3, 0.4) is 0 Å². The van der Waals surface area contributed by atoms with Crippen LogP contribution in [0.5, 0.6) is 0 Å². The molecule has 0 heterocycles. The van der Waals surface area contributed by atoms with Crippen molar-refractivity contribution < 1.29 is 5.11 Å². The monoisotopic (exact) mass is 222 g/mol. The first kappa shape index (κ1) is 11.1. The minimum absolute atomic E-state index is 0.0192. The number of aliphatic hydroxyl groups is 1. The summed E-state index contributed by atoms with van der Waals surface area (Å²) >= 11 is 0. The van der Waals surface area contributed by atoms with E-state index in [1.165, 1.54) is 25.7 Å². The molecule has 1 heteroatoms. The highest BCUT2D eigenvalue weighted by Crippen LogP contribution is 2.70. The maximum atomic E-state index is 10.7. The van der Waals surface area contributed by atoms with Crippen molar-refractivity contribution >= 4 is 0 Å². The fraction of sp³-hybridized carbons (Fsp3) is 1.00. The summed E-state index contributed by atoms with van der Waals surface area (Å²) in [5.74, 6) is 2.89. The number of hydrogen-bond donors (Lipinski definition) is 1. The molecule has 0 unspecified atom stereocenters. The molecule has 0 aromatic rings. The van der Waals surface area contributed by atoms with Crippen LogP contribution in [0, 0.1) is 34.5 Å². The highest BCUT2D eigenvalue weighted by Gasteiger charge is 2.66. The van der Waals surface area contributed by atoms with Crippen LogP contribution >= 0.6 is 0 Å². The maximum Gasteiger partial charge on any atom is 0.0627 e. The molecule has 1 N–H and O–H groups in total. The smallest absolute Gasteiger partial charge is 0.0627 e. The lowest BCUT2D eigenvalue weighted by atomic mass is 9.46. The van der Waals surface area contributed by atoms with Gasteiger partial charge in [0, 0.05) is 0 Å². The normalized spacial score (nSPS) is 59.6. The van der Waals surface area contributed by atoms with Gasteiger partial charge < -0.3 is 5.11 Å².